The highest BCUT2D eigenvalue weighted by molar-refractivity contribution is 8.00. The Balaban J connectivity index is 1.35. The molecule has 1 N–H and O–H groups in total. The van der Waals surface area contributed by atoms with Gasteiger partial charge in [-0.05, 0) is 42.7 Å². The van der Waals surface area contributed by atoms with Gasteiger partial charge in [-0.2, -0.15) is 11.8 Å². The van der Waals surface area contributed by atoms with Gasteiger partial charge in [-0.25, -0.2) is 4.98 Å². The fraction of sp³-hybridized carbons (Fsp3) is 0.455. The first kappa shape index (κ1) is 19.6. The molecule has 1 saturated carbocycles. The quantitative estimate of drug-likeness (QED) is 0.750. The van der Waals surface area contributed by atoms with Gasteiger partial charge in [0.25, 0.3) is 5.91 Å². The molecule has 1 amide bonds. The van der Waals surface area contributed by atoms with Crippen molar-refractivity contribution in [2.75, 3.05) is 29.5 Å². The van der Waals surface area contributed by atoms with Gasteiger partial charge in [0.15, 0.2) is 0 Å². The smallest absolute Gasteiger partial charge is 0.254 e. The van der Waals surface area contributed by atoms with E-state index in [1.807, 2.05) is 23.9 Å². The van der Waals surface area contributed by atoms with Gasteiger partial charge in [0.1, 0.15) is 5.03 Å². The molecule has 0 bridgehead atoms. The zero-order chi connectivity index (χ0) is 19.2. The Morgan fingerprint density at radius 3 is 2.64 bits per heavy atom. The number of hydrogen-bond donors (Lipinski definition) is 1. The van der Waals surface area contributed by atoms with Gasteiger partial charge in [-0.3, -0.25) is 4.79 Å². The van der Waals surface area contributed by atoms with E-state index < -0.39 is 0 Å². The number of rotatable bonds is 6. The Bertz CT molecular complexity index is 785. The number of pyridine rings is 1. The molecule has 2 aromatic rings. The van der Waals surface area contributed by atoms with Crippen molar-refractivity contribution in [3.63, 3.8) is 0 Å². The minimum atomic E-state index is -0.0364. The predicted octanol–water partition coefficient (Wildman–Crippen LogP) is 4.60. The molecule has 148 valence electrons. The number of hydrogen-bond acceptors (Lipinski definition) is 5. The maximum absolute atomic E-state index is 12.8. The van der Waals surface area contributed by atoms with E-state index in [-0.39, 0.29) is 5.91 Å². The van der Waals surface area contributed by atoms with E-state index in [2.05, 4.69) is 39.5 Å². The molecule has 4 nitrogen and oxygen atoms in total. The fourth-order valence-electron chi connectivity index (χ4n) is 3.75. The van der Waals surface area contributed by atoms with Crippen molar-refractivity contribution in [2.45, 2.75) is 42.5 Å². The summed E-state index contributed by atoms with van der Waals surface area (Å²) in [6.45, 7) is 2.77. The maximum Gasteiger partial charge on any atom is 0.254 e. The lowest BCUT2D eigenvalue weighted by Crippen LogP contribution is -2.32. The number of benzene rings is 1. The minimum Gasteiger partial charge on any atom is -0.370 e. The Morgan fingerprint density at radius 1 is 1.14 bits per heavy atom. The minimum absolute atomic E-state index is 0.0364. The molecule has 1 aliphatic heterocycles. The molecule has 1 aliphatic carbocycles. The molecule has 1 aromatic carbocycles. The summed E-state index contributed by atoms with van der Waals surface area (Å²) >= 11 is 3.79. The van der Waals surface area contributed by atoms with Crippen molar-refractivity contribution in [3.05, 3.63) is 53.7 Å². The van der Waals surface area contributed by atoms with Crippen LogP contribution in [0, 0.1) is 0 Å². The van der Waals surface area contributed by atoms with Crippen molar-refractivity contribution in [2.24, 2.45) is 0 Å². The van der Waals surface area contributed by atoms with Crippen molar-refractivity contribution < 1.29 is 4.79 Å². The molecule has 2 aliphatic rings. The van der Waals surface area contributed by atoms with Crippen LogP contribution in [0.3, 0.4) is 0 Å². The van der Waals surface area contributed by atoms with Gasteiger partial charge in [-0.1, -0.05) is 25.0 Å². The highest BCUT2D eigenvalue weighted by Crippen LogP contribution is 2.35. The molecule has 0 atom stereocenters. The third-order valence-corrected chi connectivity index (χ3v) is 7.66. The van der Waals surface area contributed by atoms with Crippen molar-refractivity contribution in [1.82, 2.24) is 10.3 Å². The second kappa shape index (κ2) is 9.70. The Hall–Kier alpha value is -1.66. The van der Waals surface area contributed by atoms with E-state index in [1.54, 1.807) is 18.0 Å². The van der Waals surface area contributed by atoms with Crippen LogP contribution in [0.15, 0.2) is 47.6 Å². The molecule has 0 spiro atoms. The summed E-state index contributed by atoms with van der Waals surface area (Å²) in [7, 11) is 0. The number of nitrogens with one attached hydrogen (secondary N) is 1. The Kier molecular flexibility index (Phi) is 6.81. The average molecular weight is 414 g/mol. The Morgan fingerprint density at radius 2 is 1.89 bits per heavy atom. The van der Waals surface area contributed by atoms with E-state index in [0.717, 1.165) is 23.7 Å². The predicted molar refractivity (Wildman–Crippen MR) is 120 cm³/mol. The van der Waals surface area contributed by atoms with Gasteiger partial charge in [0, 0.05) is 48.3 Å². The summed E-state index contributed by atoms with van der Waals surface area (Å²) in [5, 5.41) is 4.54. The van der Waals surface area contributed by atoms with E-state index in [1.165, 1.54) is 42.9 Å². The van der Waals surface area contributed by atoms with Crippen LogP contribution in [0.1, 0.15) is 41.6 Å². The first-order valence-corrected chi connectivity index (χ1v) is 12.1. The topological polar surface area (TPSA) is 45.2 Å². The molecule has 28 heavy (non-hydrogen) atoms. The third-order valence-electron chi connectivity index (χ3n) is 5.36. The number of nitrogens with zero attached hydrogens (tertiary/aromatic N) is 2. The van der Waals surface area contributed by atoms with Crippen LogP contribution in [0.25, 0.3) is 0 Å². The van der Waals surface area contributed by atoms with Crippen LogP contribution in [0.4, 0.5) is 5.69 Å². The number of thioether (sulfide) groups is 2. The molecule has 0 radical (unpaired) electrons. The van der Waals surface area contributed by atoms with Gasteiger partial charge in [-0.15, -0.1) is 11.8 Å². The summed E-state index contributed by atoms with van der Waals surface area (Å²) in [5.41, 5.74) is 3.09. The molecule has 1 aromatic heterocycles. The molecular formula is C22H27N3OS2. The molecular weight excluding hydrogens is 386 g/mol. The van der Waals surface area contributed by atoms with Crippen molar-refractivity contribution in [3.8, 4) is 0 Å². The number of carbonyl (C=O) groups is 1. The highest BCUT2D eigenvalue weighted by Gasteiger charge is 2.20. The first-order valence-electron chi connectivity index (χ1n) is 10.1. The maximum atomic E-state index is 12.8. The van der Waals surface area contributed by atoms with Crippen LogP contribution < -0.4 is 10.2 Å². The van der Waals surface area contributed by atoms with Crippen molar-refractivity contribution in [1.29, 1.82) is 0 Å². The lowest BCUT2D eigenvalue weighted by Gasteiger charge is -2.28. The largest absolute Gasteiger partial charge is 0.370 e. The van der Waals surface area contributed by atoms with Crippen LogP contribution in [-0.4, -0.2) is 40.7 Å². The van der Waals surface area contributed by atoms with E-state index >= 15 is 0 Å². The summed E-state index contributed by atoms with van der Waals surface area (Å²) in [6.07, 6.45) is 6.82. The van der Waals surface area contributed by atoms with E-state index in [4.69, 9.17) is 0 Å². The lowest BCUT2D eigenvalue weighted by molar-refractivity contribution is 0.0947. The number of carbonyl (C=O) groups excluding carboxylic acids is 1. The fourth-order valence-corrected chi connectivity index (χ4v) is 5.94. The van der Waals surface area contributed by atoms with Crippen LogP contribution in [-0.2, 0) is 6.54 Å². The van der Waals surface area contributed by atoms with E-state index in [9.17, 15) is 4.79 Å². The Labute approximate surface area is 175 Å². The van der Waals surface area contributed by atoms with Crippen molar-refractivity contribution >= 4 is 35.1 Å². The third kappa shape index (κ3) is 5.03. The standard InChI is InChI=1S/C22H27N3OS2/c26-21(20-6-3-11-23-22(20)28-19-4-1-2-5-19)24-16-17-7-9-18(10-8-17)25-12-14-27-15-13-25/h3,6-11,19H,1-2,4-5,12-16H2,(H,24,26). The molecule has 6 heteroatoms. The number of aromatic nitrogens is 1. The molecule has 2 heterocycles. The van der Waals surface area contributed by atoms with Crippen LogP contribution >= 0.6 is 23.5 Å². The molecule has 1 saturated heterocycles. The number of amides is 1. The average Bonchev–Trinajstić information content (AvgIpc) is 3.26. The van der Waals surface area contributed by atoms with Gasteiger partial charge in [0.05, 0.1) is 5.56 Å². The van der Waals surface area contributed by atoms with Gasteiger partial charge < -0.3 is 10.2 Å². The van der Waals surface area contributed by atoms with Crippen LogP contribution in [0.2, 0.25) is 0 Å². The second-order valence-electron chi connectivity index (χ2n) is 7.33. The molecule has 0 unspecified atom stereocenters. The normalized spacial score (nSPS) is 17.6. The zero-order valence-corrected chi connectivity index (χ0v) is 17.7. The molecule has 4 rings (SSSR count). The summed E-state index contributed by atoms with van der Waals surface area (Å²) in [5.74, 6) is 2.36. The monoisotopic (exact) mass is 413 g/mol. The SMILES string of the molecule is O=C(NCc1ccc(N2CCSCC2)cc1)c1cccnc1SC1CCCC1. The number of anilines is 1. The van der Waals surface area contributed by atoms with E-state index in [0.29, 0.717) is 17.4 Å². The summed E-state index contributed by atoms with van der Waals surface area (Å²) in [4.78, 5) is 19.7. The van der Waals surface area contributed by atoms with Gasteiger partial charge >= 0.3 is 0 Å². The van der Waals surface area contributed by atoms with Gasteiger partial charge in [0.2, 0.25) is 0 Å². The zero-order valence-electron chi connectivity index (χ0n) is 16.1. The molecule has 2 fully saturated rings. The summed E-state index contributed by atoms with van der Waals surface area (Å²) < 4.78 is 0. The summed E-state index contributed by atoms with van der Waals surface area (Å²) in [6, 6.07) is 12.3. The highest BCUT2D eigenvalue weighted by atomic mass is 32.2. The lowest BCUT2D eigenvalue weighted by atomic mass is 10.2. The van der Waals surface area contributed by atoms with Crippen LogP contribution in [0.5, 0.6) is 0 Å². The first-order chi connectivity index (χ1) is 13.8. The second-order valence-corrected chi connectivity index (χ2v) is 9.84.